The molecule has 47 heavy (non-hydrogen) atoms. The summed E-state index contributed by atoms with van der Waals surface area (Å²) in [7, 11) is 2.04. The van der Waals surface area contributed by atoms with Gasteiger partial charge in [-0.15, -0.1) is 0 Å². The van der Waals surface area contributed by atoms with E-state index in [1.54, 1.807) is 29.2 Å². The Bertz CT molecular complexity index is 1320. The Balaban J connectivity index is 1.56. The van der Waals surface area contributed by atoms with Crippen LogP contribution < -0.4 is 15.4 Å². The van der Waals surface area contributed by atoms with Crippen molar-refractivity contribution < 1.29 is 24.2 Å². The molecule has 3 N–H and O–H groups in total. The van der Waals surface area contributed by atoms with Gasteiger partial charge in [-0.05, 0) is 88.9 Å². The average Bonchev–Trinajstić information content (AvgIpc) is 3.04. The molecule has 260 valence electrons. The second kappa shape index (κ2) is 18.3. The third-order valence-electron chi connectivity index (χ3n) is 9.18. The van der Waals surface area contributed by atoms with E-state index in [-0.39, 0.29) is 42.7 Å². The van der Waals surface area contributed by atoms with E-state index in [2.05, 4.69) is 22.5 Å². The van der Waals surface area contributed by atoms with Crippen LogP contribution in [0.2, 0.25) is 10.0 Å². The Kier molecular flexibility index (Phi) is 14.5. The molecule has 1 fully saturated rings. The number of benzene rings is 2. The van der Waals surface area contributed by atoms with E-state index >= 15 is 0 Å². The molecule has 4 atom stereocenters. The van der Waals surface area contributed by atoms with Gasteiger partial charge >= 0.3 is 6.03 Å². The number of rotatable bonds is 8. The predicted octanol–water partition coefficient (Wildman–Crippen LogP) is 7.38. The summed E-state index contributed by atoms with van der Waals surface area (Å²) in [5, 5.41) is 17.3. The van der Waals surface area contributed by atoms with Crippen molar-refractivity contribution in [3.05, 3.63) is 57.6 Å². The molecule has 4 rings (SSSR count). The predicted molar refractivity (Wildman–Crippen MR) is 189 cm³/mol. The Morgan fingerprint density at radius 3 is 2.51 bits per heavy atom. The molecule has 11 heteroatoms. The topological polar surface area (TPSA) is 103 Å². The van der Waals surface area contributed by atoms with Gasteiger partial charge < -0.3 is 30.1 Å². The first-order valence-electron chi connectivity index (χ1n) is 17.1. The molecule has 0 spiro atoms. The van der Waals surface area contributed by atoms with Gasteiger partial charge in [-0.2, -0.15) is 0 Å². The number of carbonyl (C=O) groups is 2. The summed E-state index contributed by atoms with van der Waals surface area (Å²) in [5.41, 5.74) is 1.91. The Hall–Kier alpha value is -2.56. The highest BCUT2D eigenvalue weighted by Gasteiger charge is 2.30. The van der Waals surface area contributed by atoms with Crippen LogP contribution in [0.15, 0.2) is 36.4 Å². The molecule has 1 aliphatic carbocycles. The number of likely N-dealkylation sites (N-methyl/N-ethyl adjacent to an activating group) is 1. The molecule has 1 saturated carbocycles. The number of nitrogens with one attached hydrogen (secondary N) is 2. The summed E-state index contributed by atoms with van der Waals surface area (Å²) < 4.78 is 12.8. The SMILES string of the molecule is C[C@@H]1CCCCO[C@@H](CN(C)Cc2ccc(Cl)c(Cl)c2)[C@@H](C)CN([C@H](C)CO)C(=O)c2cc(NC(=O)NC3CCCCC3)ccc2O1. The number of urea groups is 1. The van der Waals surface area contributed by atoms with Crippen molar-refractivity contribution in [1.29, 1.82) is 0 Å². The standard InChI is InChI=1S/C36H52Cl2N4O5/c1-24-20-42(25(2)23-43)35(44)30-19-29(40-36(45)39-28-11-6-5-7-12-28)14-16-33(30)47-26(3)10-8-9-17-46-34(24)22-41(4)21-27-13-15-31(37)32(38)18-27/h13-16,18-19,24-26,28,34,43H,5-12,17,20-23H2,1-4H3,(H2,39,40,45)/t24-,25+,26+,34-/m0/s1. The van der Waals surface area contributed by atoms with Crippen molar-refractivity contribution in [1.82, 2.24) is 15.1 Å². The first kappa shape index (κ1) is 37.3. The number of hydrogen-bond donors (Lipinski definition) is 3. The largest absolute Gasteiger partial charge is 0.490 e. The summed E-state index contributed by atoms with van der Waals surface area (Å²) in [6.07, 6.45) is 7.69. The molecule has 0 bridgehead atoms. The number of aliphatic hydroxyl groups excluding tert-OH is 1. The van der Waals surface area contributed by atoms with Crippen LogP contribution in [-0.2, 0) is 11.3 Å². The van der Waals surface area contributed by atoms with Crippen LogP contribution in [0.5, 0.6) is 5.75 Å². The maximum Gasteiger partial charge on any atom is 0.319 e. The fraction of sp³-hybridized carbons (Fsp3) is 0.611. The molecular formula is C36H52Cl2N4O5. The highest BCUT2D eigenvalue weighted by atomic mass is 35.5. The molecule has 1 heterocycles. The second-order valence-corrected chi connectivity index (χ2v) is 14.2. The number of hydrogen-bond acceptors (Lipinski definition) is 6. The number of carbonyl (C=O) groups excluding carboxylic acids is 2. The number of amides is 3. The minimum atomic E-state index is -0.455. The van der Waals surface area contributed by atoms with Crippen molar-refractivity contribution in [3.63, 3.8) is 0 Å². The maximum atomic E-state index is 14.4. The number of aliphatic hydroxyl groups is 1. The smallest absolute Gasteiger partial charge is 0.319 e. The molecule has 0 radical (unpaired) electrons. The normalized spacial score (nSPS) is 22.6. The zero-order valence-corrected chi connectivity index (χ0v) is 29.8. The third kappa shape index (κ3) is 11.2. The van der Waals surface area contributed by atoms with E-state index in [1.807, 2.05) is 33.0 Å². The van der Waals surface area contributed by atoms with Crippen molar-refractivity contribution in [3.8, 4) is 5.75 Å². The minimum Gasteiger partial charge on any atom is -0.490 e. The van der Waals surface area contributed by atoms with Crippen molar-refractivity contribution in [2.45, 2.75) is 103 Å². The lowest BCUT2D eigenvalue weighted by Crippen LogP contribution is -2.47. The van der Waals surface area contributed by atoms with E-state index in [0.717, 1.165) is 50.5 Å². The monoisotopic (exact) mass is 690 g/mol. The lowest BCUT2D eigenvalue weighted by molar-refractivity contribution is -0.0177. The molecule has 0 unspecified atom stereocenters. The molecule has 9 nitrogen and oxygen atoms in total. The summed E-state index contributed by atoms with van der Waals surface area (Å²) in [5.74, 6) is 0.143. The Morgan fingerprint density at radius 1 is 1.04 bits per heavy atom. The lowest BCUT2D eigenvalue weighted by Gasteiger charge is -2.36. The zero-order chi connectivity index (χ0) is 33.9. The fourth-order valence-electron chi connectivity index (χ4n) is 6.38. The van der Waals surface area contributed by atoms with Gasteiger partial charge in [0.1, 0.15) is 5.75 Å². The van der Waals surface area contributed by atoms with Gasteiger partial charge in [0.15, 0.2) is 0 Å². The molecule has 2 aliphatic rings. The highest BCUT2D eigenvalue weighted by Crippen LogP contribution is 2.29. The molecular weight excluding hydrogens is 639 g/mol. The lowest BCUT2D eigenvalue weighted by atomic mass is 9.96. The molecule has 1 aliphatic heterocycles. The highest BCUT2D eigenvalue weighted by molar-refractivity contribution is 6.42. The minimum absolute atomic E-state index is 0.0574. The van der Waals surface area contributed by atoms with Crippen LogP contribution in [0.1, 0.15) is 88.1 Å². The molecule has 2 aromatic rings. The van der Waals surface area contributed by atoms with Crippen molar-refractivity contribution in [2.24, 2.45) is 5.92 Å². The third-order valence-corrected chi connectivity index (χ3v) is 9.92. The molecule has 0 aromatic heterocycles. The second-order valence-electron chi connectivity index (χ2n) is 13.4. The zero-order valence-electron chi connectivity index (χ0n) is 28.3. The number of halogens is 2. The summed E-state index contributed by atoms with van der Waals surface area (Å²) in [6.45, 7) is 7.98. The Morgan fingerprint density at radius 2 is 1.79 bits per heavy atom. The number of anilines is 1. The average molecular weight is 692 g/mol. The summed E-state index contributed by atoms with van der Waals surface area (Å²) in [4.78, 5) is 31.1. The number of ether oxygens (including phenoxy) is 2. The van der Waals surface area contributed by atoms with Crippen LogP contribution in [0.3, 0.4) is 0 Å². The number of fused-ring (bicyclic) bond motifs is 1. The van der Waals surface area contributed by atoms with E-state index in [9.17, 15) is 14.7 Å². The van der Waals surface area contributed by atoms with Crippen LogP contribution in [-0.4, -0.2) is 84.5 Å². The van der Waals surface area contributed by atoms with Crippen molar-refractivity contribution >= 4 is 40.8 Å². The quantitative estimate of drug-likeness (QED) is 0.267. The van der Waals surface area contributed by atoms with Gasteiger partial charge in [-0.1, -0.05) is 55.5 Å². The van der Waals surface area contributed by atoms with Gasteiger partial charge in [0, 0.05) is 43.9 Å². The first-order chi connectivity index (χ1) is 22.5. The van der Waals surface area contributed by atoms with E-state index in [4.69, 9.17) is 32.7 Å². The van der Waals surface area contributed by atoms with Crippen LogP contribution in [0.25, 0.3) is 0 Å². The van der Waals surface area contributed by atoms with Gasteiger partial charge in [-0.3, -0.25) is 9.69 Å². The molecule has 3 amide bonds. The van der Waals surface area contributed by atoms with Gasteiger partial charge in [-0.25, -0.2) is 4.79 Å². The van der Waals surface area contributed by atoms with E-state index < -0.39 is 6.04 Å². The molecule has 0 saturated heterocycles. The molecule has 2 aromatic carbocycles. The first-order valence-corrected chi connectivity index (χ1v) is 17.8. The van der Waals surface area contributed by atoms with Gasteiger partial charge in [0.05, 0.1) is 40.5 Å². The van der Waals surface area contributed by atoms with Crippen LogP contribution in [0.4, 0.5) is 10.5 Å². The van der Waals surface area contributed by atoms with Crippen LogP contribution in [0, 0.1) is 5.92 Å². The van der Waals surface area contributed by atoms with Crippen LogP contribution >= 0.6 is 23.2 Å². The number of nitrogens with zero attached hydrogens (tertiary/aromatic N) is 2. The summed E-state index contributed by atoms with van der Waals surface area (Å²) >= 11 is 12.4. The fourth-order valence-corrected chi connectivity index (χ4v) is 6.70. The maximum absolute atomic E-state index is 14.4. The van der Waals surface area contributed by atoms with E-state index in [0.29, 0.717) is 53.3 Å². The van der Waals surface area contributed by atoms with Crippen molar-refractivity contribution in [2.75, 3.05) is 38.7 Å². The summed E-state index contributed by atoms with van der Waals surface area (Å²) in [6, 6.07) is 10.3. The Labute approximate surface area is 290 Å². The van der Waals surface area contributed by atoms with E-state index in [1.165, 1.54) is 6.42 Å². The van der Waals surface area contributed by atoms with Gasteiger partial charge in [0.2, 0.25) is 0 Å². The van der Waals surface area contributed by atoms with Gasteiger partial charge in [0.25, 0.3) is 5.91 Å².